The van der Waals surface area contributed by atoms with Crippen LogP contribution < -0.4 is 11.1 Å². The molecule has 0 saturated carbocycles. The molecule has 1 aromatic rings. The Morgan fingerprint density at radius 2 is 2.08 bits per heavy atom. The van der Waals surface area contributed by atoms with E-state index in [2.05, 4.69) is 5.32 Å². The molecular formula is C10H14N2O. The molecule has 1 unspecified atom stereocenters. The van der Waals surface area contributed by atoms with Crippen LogP contribution in [0.2, 0.25) is 0 Å². The van der Waals surface area contributed by atoms with E-state index in [9.17, 15) is 4.79 Å². The van der Waals surface area contributed by atoms with E-state index in [0.717, 1.165) is 6.42 Å². The summed E-state index contributed by atoms with van der Waals surface area (Å²) in [6, 6.07) is 9.98. The predicted octanol–water partition coefficient (Wildman–Crippen LogP) is 0.302. The van der Waals surface area contributed by atoms with Gasteiger partial charge in [-0.25, -0.2) is 0 Å². The van der Waals surface area contributed by atoms with Gasteiger partial charge in [0.1, 0.15) is 0 Å². The van der Waals surface area contributed by atoms with Crippen LogP contribution >= 0.6 is 0 Å². The summed E-state index contributed by atoms with van der Waals surface area (Å²) >= 11 is 0. The minimum Gasteiger partial charge on any atom is -0.357 e. The van der Waals surface area contributed by atoms with Gasteiger partial charge in [-0.1, -0.05) is 30.3 Å². The Morgan fingerprint density at radius 1 is 1.38 bits per heavy atom. The third-order valence-corrected chi connectivity index (χ3v) is 1.80. The van der Waals surface area contributed by atoms with Crippen LogP contribution in [-0.4, -0.2) is 19.0 Å². The first-order chi connectivity index (χ1) is 6.33. The quantitative estimate of drug-likeness (QED) is 0.637. The van der Waals surface area contributed by atoms with Gasteiger partial charge in [0.25, 0.3) is 0 Å². The van der Waals surface area contributed by atoms with Gasteiger partial charge >= 0.3 is 0 Å². The van der Waals surface area contributed by atoms with Crippen molar-refractivity contribution in [3.63, 3.8) is 0 Å². The van der Waals surface area contributed by atoms with Gasteiger partial charge in [0, 0.05) is 12.6 Å². The van der Waals surface area contributed by atoms with Gasteiger partial charge in [-0.05, 0) is 12.0 Å². The van der Waals surface area contributed by atoms with E-state index >= 15 is 0 Å². The van der Waals surface area contributed by atoms with E-state index in [1.165, 1.54) is 5.56 Å². The van der Waals surface area contributed by atoms with Gasteiger partial charge in [0.2, 0.25) is 6.41 Å². The fraction of sp³-hybridized carbons (Fsp3) is 0.300. The van der Waals surface area contributed by atoms with Crippen LogP contribution in [0.5, 0.6) is 0 Å². The number of nitrogens with two attached hydrogens (primary N) is 1. The third kappa shape index (κ3) is 3.71. The number of hydrogen-bond acceptors (Lipinski definition) is 2. The summed E-state index contributed by atoms with van der Waals surface area (Å²) in [6.07, 6.45) is 1.46. The Balaban J connectivity index is 2.36. The van der Waals surface area contributed by atoms with Crippen LogP contribution in [0.3, 0.4) is 0 Å². The van der Waals surface area contributed by atoms with E-state index in [4.69, 9.17) is 5.73 Å². The van der Waals surface area contributed by atoms with Crippen LogP contribution in [-0.2, 0) is 11.2 Å². The Bertz CT molecular complexity index is 248. The number of hydrogen-bond donors (Lipinski definition) is 2. The van der Waals surface area contributed by atoms with Gasteiger partial charge < -0.3 is 11.1 Å². The van der Waals surface area contributed by atoms with Crippen LogP contribution in [0.1, 0.15) is 5.56 Å². The summed E-state index contributed by atoms with van der Waals surface area (Å²) in [5.41, 5.74) is 6.97. The summed E-state index contributed by atoms with van der Waals surface area (Å²) < 4.78 is 0. The Morgan fingerprint density at radius 3 is 2.69 bits per heavy atom. The third-order valence-electron chi connectivity index (χ3n) is 1.80. The van der Waals surface area contributed by atoms with Crippen molar-refractivity contribution in [3.05, 3.63) is 35.9 Å². The molecule has 13 heavy (non-hydrogen) atoms. The number of carbonyl (C=O) groups is 1. The zero-order valence-electron chi connectivity index (χ0n) is 7.44. The molecule has 0 heterocycles. The number of nitrogens with one attached hydrogen (secondary N) is 1. The summed E-state index contributed by atoms with van der Waals surface area (Å²) in [4.78, 5) is 10.00. The highest BCUT2D eigenvalue weighted by molar-refractivity contribution is 5.45. The molecule has 0 aromatic heterocycles. The minimum atomic E-state index is -0.00685. The van der Waals surface area contributed by atoms with E-state index in [1.807, 2.05) is 30.3 Å². The van der Waals surface area contributed by atoms with Crippen molar-refractivity contribution >= 4 is 6.41 Å². The van der Waals surface area contributed by atoms with Gasteiger partial charge in [0.05, 0.1) is 0 Å². The maximum atomic E-state index is 10.00. The number of benzene rings is 1. The summed E-state index contributed by atoms with van der Waals surface area (Å²) in [5.74, 6) is 0. The van der Waals surface area contributed by atoms with Gasteiger partial charge in [-0.2, -0.15) is 0 Å². The molecule has 3 nitrogen and oxygen atoms in total. The molecule has 0 aliphatic rings. The molecule has 0 saturated heterocycles. The van der Waals surface area contributed by atoms with Crippen molar-refractivity contribution in [2.75, 3.05) is 6.54 Å². The van der Waals surface area contributed by atoms with Crippen molar-refractivity contribution in [2.45, 2.75) is 12.5 Å². The standard InChI is InChI=1S/C10H14N2O/c11-10(7-12-8-13)6-9-4-2-1-3-5-9/h1-5,8,10H,6-7,11H2,(H,12,13). The largest absolute Gasteiger partial charge is 0.357 e. The summed E-state index contributed by atoms with van der Waals surface area (Å²) in [5, 5.41) is 2.56. The van der Waals surface area contributed by atoms with E-state index in [0.29, 0.717) is 13.0 Å². The smallest absolute Gasteiger partial charge is 0.207 e. The molecule has 0 aliphatic heterocycles. The SMILES string of the molecule is NC(CNC=O)Cc1ccccc1. The highest BCUT2D eigenvalue weighted by Gasteiger charge is 2.01. The van der Waals surface area contributed by atoms with E-state index < -0.39 is 0 Å². The highest BCUT2D eigenvalue weighted by Crippen LogP contribution is 2.00. The van der Waals surface area contributed by atoms with E-state index in [-0.39, 0.29) is 6.04 Å². The minimum absolute atomic E-state index is 0.00685. The zero-order chi connectivity index (χ0) is 9.52. The van der Waals surface area contributed by atoms with Crippen molar-refractivity contribution in [1.82, 2.24) is 5.32 Å². The lowest BCUT2D eigenvalue weighted by molar-refractivity contribution is -0.109. The molecule has 0 aliphatic carbocycles. The first kappa shape index (κ1) is 9.74. The predicted molar refractivity (Wildman–Crippen MR) is 52.2 cm³/mol. The molecule has 3 heteroatoms. The van der Waals surface area contributed by atoms with Crippen LogP contribution in [0.15, 0.2) is 30.3 Å². The Hall–Kier alpha value is -1.35. The Kier molecular flexibility index (Phi) is 3.99. The lowest BCUT2D eigenvalue weighted by Gasteiger charge is -2.09. The lowest BCUT2D eigenvalue weighted by atomic mass is 10.1. The van der Waals surface area contributed by atoms with Gasteiger partial charge in [-0.3, -0.25) is 4.79 Å². The zero-order valence-corrected chi connectivity index (χ0v) is 7.44. The first-order valence-electron chi connectivity index (χ1n) is 4.29. The molecule has 3 N–H and O–H groups in total. The van der Waals surface area contributed by atoms with Gasteiger partial charge in [0.15, 0.2) is 0 Å². The van der Waals surface area contributed by atoms with Crippen LogP contribution in [0.25, 0.3) is 0 Å². The molecule has 0 bridgehead atoms. The molecule has 1 rings (SSSR count). The number of amides is 1. The van der Waals surface area contributed by atoms with Crippen molar-refractivity contribution in [2.24, 2.45) is 5.73 Å². The summed E-state index contributed by atoms with van der Waals surface area (Å²) in [7, 11) is 0. The topological polar surface area (TPSA) is 55.1 Å². The van der Waals surface area contributed by atoms with Gasteiger partial charge in [-0.15, -0.1) is 0 Å². The fourth-order valence-electron chi connectivity index (χ4n) is 1.19. The van der Waals surface area contributed by atoms with Crippen LogP contribution in [0.4, 0.5) is 0 Å². The van der Waals surface area contributed by atoms with Crippen LogP contribution in [0, 0.1) is 0 Å². The van der Waals surface area contributed by atoms with Crippen molar-refractivity contribution in [1.29, 1.82) is 0 Å². The lowest BCUT2D eigenvalue weighted by Crippen LogP contribution is -2.34. The molecule has 1 atom stereocenters. The normalized spacial score (nSPS) is 12.1. The summed E-state index contributed by atoms with van der Waals surface area (Å²) in [6.45, 7) is 0.526. The molecule has 0 fully saturated rings. The van der Waals surface area contributed by atoms with Crippen molar-refractivity contribution in [3.8, 4) is 0 Å². The second-order valence-corrected chi connectivity index (χ2v) is 2.98. The molecular weight excluding hydrogens is 164 g/mol. The average molecular weight is 178 g/mol. The first-order valence-corrected chi connectivity index (χ1v) is 4.29. The maximum Gasteiger partial charge on any atom is 0.207 e. The second-order valence-electron chi connectivity index (χ2n) is 2.98. The maximum absolute atomic E-state index is 10.00. The van der Waals surface area contributed by atoms with Crippen molar-refractivity contribution < 1.29 is 4.79 Å². The monoisotopic (exact) mass is 178 g/mol. The second kappa shape index (κ2) is 5.32. The fourth-order valence-corrected chi connectivity index (χ4v) is 1.19. The number of carbonyl (C=O) groups excluding carboxylic acids is 1. The number of rotatable bonds is 5. The highest BCUT2D eigenvalue weighted by atomic mass is 16.1. The Labute approximate surface area is 77.9 Å². The molecule has 1 aromatic carbocycles. The molecule has 70 valence electrons. The van der Waals surface area contributed by atoms with E-state index in [1.54, 1.807) is 0 Å². The average Bonchev–Trinajstić information content (AvgIpc) is 2.16. The molecule has 0 radical (unpaired) electrons. The molecule has 0 spiro atoms. The molecule has 1 amide bonds.